The molecule has 114 valence electrons. The van der Waals surface area contributed by atoms with Gasteiger partial charge in [0.1, 0.15) is 11.2 Å². The van der Waals surface area contributed by atoms with E-state index in [1.165, 1.54) is 18.2 Å². The summed E-state index contributed by atoms with van der Waals surface area (Å²) in [5.41, 5.74) is 0.935. The fourth-order valence-corrected chi connectivity index (χ4v) is 2.72. The number of hydrogen-bond acceptors (Lipinski definition) is 4. The second-order valence-electron chi connectivity index (χ2n) is 5.80. The molecule has 1 fully saturated rings. The molecule has 0 bridgehead atoms. The van der Waals surface area contributed by atoms with Crippen LogP contribution in [0.15, 0.2) is 45.6 Å². The molecule has 0 aliphatic heterocycles. The van der Waals surface area contributed by atoms with Gasteiger partial charge in [-0.1, -0.05) is 6.07 Å². The second-order valence-corrected chi connectivity index (χ2v) is 5.80. The number of carboxylic acids is 1. The van der Waals surface area contributed by atoms with Gasteiger partial charge < -0.3 is 9.52 Å². The first-order valence-corrected chi connectivity index (χ1v) is 7.33. The zero-order valence-electron chi connectivity index (χ0n) is 12.0. The SMILES string of the molecule is O=C(O)c1ccc2oc3cc(C(=O)C4CC4)ccc3c(=O)c2c1. The summed E-state index contributed by atoms with van der Waals surface area (Å²) >= 11 is 0. The van der Waals surface area contributed by atoms with Crippen LogP contribution in [0.4, 0.5) is 0 Å². The molecule has 1 heterocycles. The van der Waals surface area contributed by atoms with Gasteiger partial charge in [-0.15, -0.1) is 0 Å². The van der Waals surface area contributed by atoms with E-state index < -0.39 is 5.97 Å². The first kappa shape index (κ1) is 13.7. The normalized spacial score (nSPS) is 14.3. The van der Waals surface area contributed by atoms with Crippen molar-refractivity contribution in [1.82, 2.24) is 0 Å². The Morgan fingerprint density at radius 1 is 0.957 bits per heavy atom. The van der Waals surface area contributed by atoms with E-state index in [-0.39, 0.29) is 28.1 Å². The summed E-state index contributed by atoms with van der Waals surface area (Å²) in [7, 11) is 0. The monoisotopic (exact) mass is 308 g/mol. The Morgan fingerprint density at radius 2 is 1.70 bits per heavy atom. The zero-order valence-corrected chi connectivity index (χ0v) is 12.0. The number of aromatic carboxylic acids is 1. The van der Waals surface area contributed by atoms with E-state index in [0.717, 1.165) is 12.8 Å². The lowest BCUT2D eigenvalue weighted by Gasteiger charge is -2.04. The van der Waals surface area contributed by atoms with Crippen molar-refractivity contribution in [2.75, 3.05) is 0 Å². The van der Waals surface area contributed by atoms with E-state index in [9.17, 15) is 14.4 Å². The van der Waals surface area contributed by atoms with Crippen molar-refractivity contribution in [3.05, 3.63) is 57.7 Å². The van der Waals surface area contributed by atoms with Crippen LogP contribution < -0.4 is 5.43 Å². The molecule has 0 unspecified atom stereocenters. The number of rotatable bonds is 3. The van der Waals surface area contributed by atoms with Crippen LogP contribution in [-0.4, -0.2) is 16.9 Å². The molecule has 0 spiro atoms. The molecular weight excluding hydrogens is 296 g/mol. The fourth-order valence-electron chi connectivity index (χ4n) is 2.72. The van der Waals surface area contributed by atoms with Crippen LogP contribution in [0.25, 0.3) is 21.9 Å². The van der Waals surface area contributed by atoms with E-state index in [0.29, 0.717) is 22.1 Å². The average molecular weight is 308 g/mol. The van der Waals surface area contributed by atoms with Gasteiger partial charge in [-0.3, -0.25) is 9.59 Å². The van der Waals surface area contributed by atoms with Gasteiger partial charge in [0.25, 0.3) is 0 Å². The molecule has 1 N–H and O–H groups in total. The summed E-state index contributed by atoms with van der Waals surface area (Å²) in [5.74, 6) is -0.926. The van der Waals surface area contributed by atoms with Gasteiger partial charge in [-0.2, -0.15) is 0 Å². The van der Waals surface area contributed by atoms with Crippen molar-refractivity contribution in [1.29, 1.82) is 0 Å². The van der Waals surface area contributed by atoms with Gasteiger partial charge in [0, 0.05) is 11.5 Å². The van der Waals surface area contributed by atoms with E-state index in [1.807, 2.05) is 0 Å². The fraction of sp³-hybridized carbons (Fsp3) is 0.167. The largest absolute Gasteiger partial charge is 0.478 e. The predicted octanol–water partition coefficient (Wildman–Crippen LogP) is 3.24. The standard InChI is InChI=1S/C18H12O5/c19-16(9-1-2-9)10-3-5-12-15(8-10)23-14-6-4-11(18(21)22)7-13(14)17(12)20/h3-9H,1-2H2,(H,21,22). The molecule has 2 aromatic carbocycles. The first-order valence-electron chi connectivity index (χ1n) is 7.33. The summed E-state index contributed by atoms with van der Waals surface area (Å²) in [6.07, 6.45) is 1.83. The minimum absolute atomic E-state index is 0.0321. The topological polar surface area (TPSA) is 84.6 Å². The van der Waals surface area contributed by atoms with Gasteiger partial charge in [0.15, 0.2) is 5.78 Å². The van der Waals surface area contributed by atoms with E-state index in [1.54, 1.807) is 18.2 Å². The highest BCUT2D eigenvalue weighted by Gasteiger charge is 2.30. The number of carbonyl (C=O) groups excluding carboxylic acids is 1. The minimum atomic E-state index is -1.10. The Balaban J connectivity index is 1.95. The Hall–Kier alpha value is -2.95. The van der Waals surface area contributed by atoms with E-state index in [2.05, 4.69) is 0 Å². The van der Waals surface area contributed by atoms with Crippen LogP contribution in [0, 0.1) is 5.92 Å². The summed E-state index contributed by atoms with van der Waals surface area (Å²) in [4.78, 5) is 35.7. The maximum Gasteiger partial charge on any atom is 0.335 e. The highest BCUT2D eigenvalue weighted by Crippen LogP contribution is 2.33. The van der Waals surface area contributed by atoms with Crippen molar-refractivity contribution in [3.63, 3.8) is 0 Å². The Morgan fingerprint density at radius 3 is 2.39 bits per heavy atom. The smallest absolute Gasteiger partial charge is 0.335 e. The van der Waals surface area contributed by atoms with E-state index >= 15 is 0 Å². The van der Waals surface area contributed by atoms with Crippen LogP contribution >= 0.6 is 0 Å². The van der Waals surface area contributed by atoms with Crippen LogP contribution in [0.2, 0.25) is 0 Å². The quantitative estimate of drug-likeness (QED) is 0.593. The summed E-state index contributed by atoms with van der Waals surface area (Å²) < 4.78 is 5.71. The van der Waals surface area contributed by atoms with Crippen molar-refractivity contribution >= 4 is 33.7 Å². The van der Waals surface area contributed by atoms with E-state index in [4.69, 9.17) is 9.52 Å². The Bertz CT molecular complexity index is 1040. The molecule has 1 saturated carbocycles. The molecular formula is C18H12O5. The third-order valence-corrected chi connectivity index (χ3v) is 4.15. The molecule has 0 saturated heterocycles. The second kappa shape index (κ2) is 4.78. The summed E-state index contributed by atoms with van der Waals surface area (Å²) in [6, 6.07) is 8.97. The van der Waals surface area contributed by atoms with Crippen LogP contribution in [0.5, 0.6) is 0 Å². The lowest BCUT2D eigenvalue weighted by atomic mass is 10.0. The van der Waals surface area contributed by atoms with Gasteiger partial charge in [-0.25, -0.2) is 4.79 Å². The number of fused-ring (bicyclic) bond motifs is 2. The maximum absolute atomic E-state index is 12.6. The molecule has 0 amide bonds. The lowest BCUT2D eigenvalue weighted by Crippen LogP contribution is -2.06. The zero-order chi connectivity index (χ0) is 16.1. The van der Waals surface area contributed by atoms with Crippen LogP contribution in [-0.2, 0) is 0 Å². The number of benzene rings is 2. The molecule has 4 rings (SSSR count). The lowest BCUT2D eigenvalue weighted by molar-refractivity contribution is 0.0696. The van der Waals surface area contributed by atoms with Crippen LogP contribution in [0.1, 0.15) is 33.6 Å². The Labute approximate surface area is 130 Å². The number of Topliss-reactive ketones (excluding diaryl/α,β-unsaturated/α-hetero) is 1. The number of ketones is 1. The molecule has 23 heavy (non-hydrogen) atoms. The molecule has 5 nitrogen and oxygen atoms in total. The third-order valence-electron chi connectivity index (χ3n) is 4.15. The molecule has 1 aliphatic rings. The van der Waals surface area contributed by atoms with Gasteiger partial charge in [0.2, 0.25) is 5.43 Å². The summed E-state index contributed by atoms with van der Waals surface area (Å²) in [6.45, 7) is 0. The third kappa shape index (κ3) is 2.21. The molecule has 1 aliphatic carbocycles. The van der Waals surface area contributed by atoms with Gasteiger partial charge >= 0.3 is 5.97 Å². The van der Waals surface area contributed by atoms with Crippen molar-refractivity contribution < 1.29 is 19.1 Å². The highest BCUT2D eigenvalue weighted by molar-refractivity contribution is 6.02. The Kier molecular flexibility index (Phi) is 2.84. The van der Waals surface area contributed by atoms with Crippen molar-refractivity contribution in [2.24, 2.45) is 5.92 Å². The predicted molar refractivity (Wildman–Crippen MR) is 84.0 cm³/mol. The van der Waals surface area contributed by atoms with Gasteiger partial charge in [-0.05, 0) is 43.2 Å². The molecule has 3 aromatic rings. The number of carbonyl (C=O) groups is 2. The molecule has 5 heteroatoms. The molecule has 1 aromatic heterocycles. The summed E-state index contributed by atoms with van der Waals surface area (Å²) in [5, 5.41) is 9.59. The average Bonchev–Trinajstić information content (AvgIpc) is 3.38. The van der Waals surface area contributed by atoms with Crippen LogP contribution in [0.3, 0.4) is 0 Å². The molecule has 0 radical (unpaired) electrons. The maximum atomic E-state index is 12.6. The number of hydrogen-bond donors (Lipinski definition) is 1. The van der Waals surface area contributed by atoms with Crippen molar-refractivity contribution in [2.45, 2.75) is 12.8 Å². The molecule has 0 atom stereocenters. The minimum Gasteiger partial charge on any atom is -0.478 e. The highest BCUT2D eigenvalue weighted by atomic mass is 16.4. The van der Waals surface area contributed by atoms with Gasteiger partial charge in [0.05, 0.1) is 16.3 Å². The van der Waals surface area contributed by atoms with Crippen molar-refractivity contribution in [3.8, 4) is 0 Å². The first-order chi connectivity index (χ1) is 11.0. The number of carboxylic acid groups (broad SMARTS) is 1.